The lowest BCUT2D eigenvalue weighted by atomic mass is 9.72. The molecule has 4 rings (SSSR count). The third-order valence-corrected chi connectivity index (χ3v) is 5.34. The van der Waals surface area contributed by atoms with E-state index in [-0.39, 0.29) is 0 Å². The van der Waals surface area contributed by atoms with Gasteiger partial charge in [0.1, 0.15) is 0 Å². The van der Waals surface area contributed by atoms with Crippen LogP contribution < -0.4 is 0 Å². The number of rotatable bonds is 2. The van der Waals surface area contributed by atoms with E-state index >= 15 is 0 Å². The van der Waals surface area contributed by atoms with Gasteiger partial charge in [0, 0.05) is 18.1 Å². The van der Waals surface area contributed by atoms with E-state index in [9.17, 15) is 5.11 Å². The van der Waals surface area contributed by atoms with Crippen molar-refractivity contribution < 1.29 is 5.11 Å². The SMILES string of the molecule is OC1(c2ccccc2)C[C@H]2CCC[C@@H](C1)N2C1CC1. The van der Waals surface area contributed by atoms with E-state index in [1.807, 2.05) is 6.07 Å². The fourth-order valence-electron chi connectivity index (χ4n) is 4.42. The molecule has 0 aromatic heterocycles. The third kappa shape index (κ3) is 2.02. The second kappa shape index (κ2) is 4.32. The highest BCUT2D eigenvalue weighted by Crippen LogP contribution is 2.48. The molecule has 3 atom stereocenters. The van der Waals surface area contributed by atoms with E-state index in [0.717, 1.165) is 24.4 Å². The summed E-state index contributed by atoms with van der Waals surface area (Å²) in [5.74, 6) is 0. The Balaban J connectivity index is 1.63. The lowest BCUT2D eigenvalue weighted by Gasteiger charge is -2.52. The van der Waals surface area contributed by atoms with Gasteiger partial charge in [-0.25, -0.2) is 0 Å². The van der Waals surface area contributed by atoms with Crippen molar-refractivity contribution in [1.82, 2.24) is 4.90 Å². The average Bonchev–Trinajstić information content (AvgIpc) is 3.23. The van der Waals surface area contributed by atoms with E-state index in [1.54, 1.807) is 0 Å². The minimum absolute atomic E-state index is 0.581. The molecule has 2 saturated heterocycles. The van der Waals surface area contributed by atoms with E-state index < -0.39 is 5.60 Å². The summed E-state index contributed by atoms with van der Waals surface area (Å²) in [7, 11) is 0. The van der Waals surface area contributed by atoms with Gasteiger partial charge in [-0.15, -0.1) is 0 Å². The first-order chi connectivity index (χ1) is 9.26. The van der Waals surface area contributed by atoms with Crippen LogP contribution in [-0.2, 0) is 5.60 Å². The highest BCUT2D eigenvalue weighted by atomic mass is 16.3. The van der Waals surface area contributed by atoms with Gasteiger partial charge in [-0.3, -0.25) is 4.90 Å². The van der Waals surface area contributed by atoms with Crippen molar-refractivity contribution in [2.24, 2.45) is 0 Å². The van der Waals surface area contributed by atoms with Crippen LogP contribution in [0.3, 0.4) is 0 Å². The second-order valence-electron chi connectivity index (χ2n) is 6.72. The maximum atomic E-state index is 11.1. The van der Waals surface area contributed by atoms with E-state index in [1.165, 1.54) is 32.1 Å². The topological polar surface area (TPSA) is 23.5 Å². The maximum absolute atomic E-state index is 11.1. The number of hydrogen-bond donors (Lipinski definition) is 1. The van der Waals surface area contributed by atoms with Crippen molar-refractivity contribution in [2.75, 3.05) is 0 Å². The van der Waals surface area contributed by atoms with Gasteiger partial charge in [0.05, 0.1) is 5.60 Å². The van der Waals surface area contributed by atoms with E-state index in [2.05, 4.69) is 29.2 Å². The number of piperidine rings is 2. The van der Waals surface area contributed by atoms with Crippen molar-refractivity contribution in [3.8, 4) is 0 Å². The molecule has 2 bridgehead atoms. The van der Waals surface area contributed by atoms with Crippen LogP contribution in [-0.4, -0.2) is 28.1 Å². The summed E-state index contributed by atoms with van der Waals surface area (Å²) in [5, 5.41) is 11.1. The van der Waals surface area contributed by atoms with Crippen LogP contribution in [0, 0.1) is 0 Å². The molecule has 2 aliphatic heterocycles. The van der Waals surface area contributed by atoms with Gasteiger partial charge in [-0.1, -0.05) is 36.8 Å². The Morgan fingerprint density at radius 2 is 1.53 bits per heavy atom. The third-order valence-electron chi connectivity index (χ3n) is 5.34. The normalized spacial score (nSPS) is 39.2. The van der Waals surface area contributed by atoms with E-state index in [4.69, 9.17) is 0 Å². The van der Waals surface area contributed by atoms with Crippen LogP contribution in [0.5, 0.6) is 0 Å². The molecule has 1 unspecified atom stereocenters. The molecule has 0 radical (unpaired) electrons. The summed E-state index contributed by atoms with van der Waals surface area (Å²) in [6.45, 7) is 0. The predicted octanol–water partition coefficient (Wildman–Crippen LogP) is 3.05. The number of nitrogens with zero attached hydrogens (tertiary/aromatic N) is 1. The molecule has 1 N–H and O–H groups in total. The highest BCUT2D eigenvalue weighted by molar-refractivity contribution is 5.24. The van der Waals surface area contributed by atoms with Crippen molar-refractivity contribution >= 4 is 0 Å². The fourth-order valence-corrected chi connectivity index (χ4v) is 4.42. The molecule has 2 heteroatoms. The zero-order valence-electron chi connectivity index (χ0n) is 11.5. The monoisotopic (exact) mass is 257 g/mol. The summed E-state index contributed by atoms with van der Waals surface area (Å²) in [4.78, 5) is 2.76. The first kappa shape index (κ1) is 11.9. The molecular weight excluding hydrogens is 234 g/mol. The molecule has 2 nitrogen and oxygen atoms in total. The Bertz CT molecular complexity index is 440. The zero-order chi connectivity index (χ0) is 12.9. The van der Waals surface area contributed by atoms with Crippen LogP contribution in [0.25, 0.3) is 0 Å². The molecule has 3 fully saturated rings. The maximum Gasteiger partial charge on any atom is 0.0926 e. The van der Waals surface area contributed by atoms with Crippen LogP contribution >= 0.6 is 0 Å². The van der Waals surface area contributed by atoms with Gasteiger partial charge in [0.25, 0.3) is 0 Å². The van der Waals surface area contributed by atoms with Crippen LogP contribution in [0.4, 0.5) is 0 Å². The van der Waals surface area contributed by atoms with Gasteiger partial charge >= 0.3 is 0 Å². The summed E-state index contributed by atoms with van der Waals surface area (Å²) < 4.78 is 0. The quantitative estimate of drug-likeness (QED) is 0.880. The van der Waals surface area contributed by atoms with E-state index in [0.29, 0.717) is 12.1 Å². The minimum atomic E-state index is -0.581. The molecule has 19 heavy (non-hydrogen) atoms. The van der Waals surface area contributed by atoms with Gasteiger partial charge in [-0.2, -0.15) is 0 Å². The smallest absolute Gasteiger partial charge is 0.0926 e. The average molecular weight is 257 g/mol. The van der Waals surface area contributed by atoms with Crippen LogP contribution in [0.15, 0.2) is 30.3 Å². The van der Waals surface area contributed by atoms with Crippen molar-refractivity contribution in [1.29, 1.82) is 0 Å². The molecule has 3 aliphatic rings. The summed E-state index contributed by atoms with van der Waals surface area (Å²) in [6.07, 6.45) is 8.55. The molecule has 1 aromatic rings. The summed E-state index contributed by atoms with van der Waals surface area (Å²) in [5.41, 5.74) is 0.546. The Labute approximate surface area is 115 Å². The Kier molecular flexibility index (Phi) is 2.71. The second-order valence-corrected chi connectivity index (χ2v) is 6.72. The predicted molar refractivity (Wildman–Crippen MR) is 75.9 cm³/mol. The Morgan fingerprint density at radius 3 is 2.11 bits per heavy atom. The molecular formula is C17H23NO. The van der Waals surface area contributed by atoms with Crippen molar-refractivity contribution in [3.63, 3.8) is 0 Å². The number of hydrogen-bond acceptors (Lipinski definition) is 2. The first-order valence-corrected chi connectivity index (χ1v) is 7.82. The molecule has 2 heterocycles. The molecule has 0 spiro atoms. The lowest BCUT2D eigenvalue weighted by molar-refractivity contribution is -0.0998. The minimum Gasteiger partial charge on any atom is -0.385 e. The van der Waals surface area contributed by atoms with Gasteiger partial charge in [-0.05, 0) is 44.1 Å². The highest BCUT2D eigenvalue weighted by Gasteiger charge is 2.50. The van der Waals surface area contributed by atoms with Gasteiger partial charge < -0.3 is 5.11 Å². The zero-order valence-corrected chi connectivity index (χ0v) is 11.5. The Hall–Kier alpha value is -0.860. The standard InChI is InChI=1S/C17H23NO/c19-17(13-5-2-1-3-6-13)11-15-7-4-8-16(12-17)18(15)14-9-10-14/h1-3,5-6,14-16,19H,4,7-12H2/t15-,16+,17?. The lowest BCUT2D eigenvalue weighted by Crippen LogP contribution is -2.57. The number of aliphatic hydroxyl groups is 1. The van der Waals surface area contributed by atoms with Gasteiger partial charge in [0.15, 0.2) is 0 Å². The number of benzene rings is 1. The summed E-state index contributed by atoms with van der Waals surface area (Å²) >= 11 is 0. The summed E-state index contributed by atoms with van der Waals surface area (Å²) in [6, 6.07) is 12.4. The number of fused-ring (bicyclic) bond motifs is 2. The molecule has 102 valence electrons. The van der Waals surface area contributed by atoms with Crippen LogP contribution in [0.2, 0.25) is 0 Å². The van der Waals surface area contributed by atoms with Crippen LogP contribution in [0.1, 0.15) is 50.5 Å². The molecule has 1 saturated carbocycles. The fraction of sp³-hybridized carbons (Fsp3) is 0.647. The van der Waals surface area contributed by atoms with Gasteiger partial charge in [0.2, 0.25) is 0 Å². The van der Waals surface area contributed by atoms with Crippen molar-refractivity contribution in [3.05, 3.63) is 35.9 Å². The van der Waals surface area contributed by atoms with Crippen molar-refractivity contribution in [2.45, 2.75) is 68.7 Å². The molecule has 0 amide bonds. The largest absolute Gasteiger partial charge is 0.385 e. The Morgan fingerprint density at radius 1 is 0.895 bits per heavy atom. The molecule has 1 aliphatic carbocycles. The first-order valence-electron chi connectivity index (χ1n) is 7.82. The molecule has 1 aromatic carbocycles.